The summed E-state index contributed by atoms with van der Waals surface area (Å²) < 4.78 is 1.83. The van der Waals surface area contributed by atoms with E-state index in [1.165, 1.54) is 0 Å². The summed E-state index contributed by atoms with van der Waals surface area (Å²) in [6, 6.07) is 11.8. The number of nitrogens with zero attached hydrogens (tertiary/aromatic N) is 4. The summed E-state index contributed by atoms with van der Waals surface area (Å²) in [5.74, 6) is -0.0181. The Morgan fingerprint density at radius 2 is 2.04 bits per heavy atom. The Morgan fingerprint density at radius 1 is 1.28 bits per heavy atom. The van der Waals surface area contributed by atoms with Crippen LogP contribution in [-0.2, 0) is 6.54 Å². The molecule has 1 amide bonds. The van der Waals surface area contributed by atoms with Crippen molar-refractivity contribution in [1.29, 1.82) is 0 Å². The lowest BCUT2D eigenvalue weighted by Gasteiger charge is -2.18. The average molecular weight is 337 g/mol. The van der Waals surface area contributed by atoms with Crippen LogP contribution in [0, 0.1) is 0 Å². The Balaban J connectivity index is 2.13. The molecule has 6 heteroatoms. The van der Waals surface area contributed by atoms with Crippen LogP contribution in [0.4, 0.5) is 0 Å². The molecule has 3 aromatic rings. The Labute approximate surface area is 147 Å². The van der Waals surface area contributed by atoms with Gasteiger partial charge in [-0.15, -0.1) is 0 Å². The van der Waals surface area contributed by atoms with Crippen LogP contribution in [0.15, 0.2) is 42.6 Å². The van der Waals surface area contributed by atoms with Crippen molar-refractivity contribution in [3.05, 3.63) is 48.2 Å². The minimum absolute atomic E-state index is 0.0181. The fourth-order valence-corrected chi connectivity index (χ4v) is 2.80. The number of likely N-dealkylation sites (N-methyl/N-ethyl adjacent to an activating group) is 2. The molecular formula is C19H23N5O. The summed E-state index contributed by atoms with van der Waals surface area (Å²) in [6.07, 6.45) is 1.74. The smallest absolute Gasteiger partial charge is 0.254 e. The molecule has 3 rings (SSSR count). The lowest BCUT2D eigenvalue weighted by atomic mass is 10.1. The molecule has 0 aliphatic heterocycles. The number of aromatic nitrogens is 3. The predicted octanol–water partition coefficient (Wildman–Crippen LogP) is 2.41. The first kappa shape index (κ1) is 17.1. The van der Waals surface area contributed by atoms with E-state index in [4.69, 9.17) is 4.98 Å². The molecule has 6 nitrogen and oxygen atoms in total. The third kappa shape index (κ3) is 3.39. The maximum atomic E-state index is 13.0. The molecule has 0 fully saturated rings. The van der Waals surface area contributed by atoms with Gasteiger partial charge in [0.25, 0.3) is 5.91 Å². The van der Waals surface area contributed by atoms with E-state index in [2.05, 4.69) is 10.4 Å². The highest BCUT2D eigenvalue weighted by Gasteiger charge is 2.19. The van der Waals surface area contributed by atoms with E-state index in [0.29, 0.717) is 18.7 Å². The van der Waals surface area contributed by atoms with E-state index in [1.807, 2.05) is 62.1 Å². The first-order chi connectivity index (χ1) is 12.2. The number of carbonyl (C=O) groups is 1. The van der Waals surface area contributed by atoms with Gasteiger partial charge in [0.1, 0.15) is 0 Å². The maximum Gasteiger partial charge on any atom is 0.254 e. The first-order valence-electron chi connectivity index (χ1n) is 8.47. The zero-order valence-electron chi connectivity index (χ0n) is 14.9. The number of benzene rings is 1. The fourth-order valence-electron chi connectivity index (χ4n) is 2.80. The predicted molar refractivity (Wildman–Crippen MR) is 99.5 cm³/mol. The fraction of sp³-hybridized carbons (Fsp3) is 0.316. The normalized spacial score (nSPS) is 11.0. The van der Waals surface area contributed by atoms with Gasteiger partial charge in [-0.3, -0.25) is 4.79 Å². The molecule has 0 bridgehead atoms. The Hall–Kier alpha value is -2.73. The Bertz CT molecular complexity index is 872. The molecule has 2 heterocycles. The van der Waals surface area contributed by atoms with Crippen molar-refractivity contribution in [3.8, 4) is 11.3 Å². The SMILES string of the molecule is CCn1ncc2c(C(=O)N(C)CCNC)cc(-c3ccccc3)nc21. The van der Waals surface area contributed by atoms with Gasteiger partial charge in [0.2, 0.25) is 0 Å². The van der Waals surface area contributed by atoms with Crippen molar-refractivity contribution in [2.45, 2.75) is 13.5 Å². The second kappa shape index (κ2) is 7.44. The second-order valence-corrected chi connectivity index (χ2v) is 5.95. The molecule has 1 N–H and O–H groups in total. The number of rotatable bonds is 6. The van der Waals surface area contributed by atoms with Crippen molar-refractivity contribution in [3.63, 3.8) is 0 Å². The van der Waals surface area contributed by atoms with Gasteiger partial charge >= 0.3 is 0 Å². The molecule has 25 heavy (non-hydrogen) atoms. The number of amides is 1. The van der Waals surface area contributed by atoms with Crippen LogP contribution in [0.1, 0.15) is 17.3 Å². The van der Waals surface area contributed by atoms with Crippen molar-refractivity contribution in [2.24, 2.45) is 0 Å². The molecular weight excluding hydrogens is 314 g/mol. The highest BCUT2D eigenvalue weighted by molar-refractivity contribution is 6.06. The molecule has 0 aliphatic rings. The first-order valence-corrected chi connectivity index (χ1v) is 8.47. The highest BCUT2D eigenvalue weighted by atomic mass is 16.2. The van der Waals surface area contributed by atoms with Crippen molar-refractivity contribution in [2.75, 3.05) is 27.2 Å². The average Bonchev–Trinajstić information content (AvgIpc) is 3.08. The molecule has 0 radical (unpaired) electrons. The molecule has 0 saturated heterocycles. The van der Waals surface area contributed by atoms with Crippen LogP contribution in [0.5, 0.6) is 0 Å². The van der Waals surface area contributed by atoms with Gasteiger partial charge in [-0.2, -0.15) is 5.10 Å². The summed E-state index contributed by atoms with van der Waals surface area (Å²) in [6.45, 7) is 4.11. The maximum absolute atomic E-state index is 13.0. The standard InChI is InChI=1S/C19H23N5O/c1-4-24-18-16(13-21-24)15(19(25)23(3)11-10-20-2)12-17(22-18)14-8-6-5-7-9-14/h5-9,12-13,20H,4,10-11H2,1-3H3. The van der Waals surface area contributed by atoms with Gasteiger partial charge in [0.05, 0.1) is 22.8 Å². The molecule has 1 aromatic carbocycles. The highest BCUT2D eigenvalue weighted by Crippen LogP contribution is 2.25. The zero-order valence-corrected chi connectivity index (χ0v) is 14.9. The number of hydrogen-bond donors (Lipinski definition) is 1. The summed E-state index contributed by atoms with van der Waals surface area (Å²) in [4.78, 5) is 19.5. The minimum atomic E-state index is -0.0181. The zero-order chi connectivity index (χ0) is 17.8. The lowest BCUT2D eigenvalue weighted by molar-refractivity contribution is 0.0798. The molecule has 130 valence electrons. The van der Waals surface area contributed by atoms with Crippen molar-refractivity contribution >= 4 is 16.9 Å². The monoisotopic (exact) mass is 337 g/mol. The van der Waals surface area contributed by atoms with Crippen LogP contribution in [0.3, 0.4) is 0 Å². The number of carbonyl (C=O) groups excluding carboxylic acids is 1. The summed E-state index contributed by atoms with van der Waals surface area (Å²) >= 11 is 0. The quantitative estimate of drug-likeness (QED) is 0.750. The second-order valence-electron chi connectivity index (χ2n) is 5.95. The van der Waals surface area contributed by atoms with E-state index < -0.39 is 0 Å². The van der Waals surface area contributed by atoms with Crippen molar-refractivity contribution in [1.82, 2.24) is 25.0 Å². The van der Waals surface area contributed by atoms with Gasteiger partial charge in [-0.25, -0.2) is 9.67 Å². The molecule has 0 atom stereocenters. The van der Waals surface area contributed by atoms with Gasteiger partial charge in [0, 0.05) is 32.2 Å². The van der Waals surface area contributed by atoms with Gasteiger partial charge < -0.3 is 10.2 Å². The summed E-state index contributed by atoms with van der Waals surface area (Å²) in [7, 11) is 3.69. The minimum Gasteiger partial charge on any atom is -0.340 e. The van der Waals surface area contributed by atoms with E-state index >= 15 is 0 Å². The third-order valence-corrected chi connectivity index (χ3v) is 4.25. The number of fused-ring (bicyclic) bond motifs is 1. The third-order valence-electron chi connectivity index (χ3n) is 4.25. The van der Waals surface area contributed by atoms with Crippen LogP contribution >= 0.6 is 0 Å². The molecule has 0 aliphatic carbocycles. The molecule has 2 aromatic heterocycles. The van der Waals surface area contributed by atoms with E-state index in [9.17, 15) is 4.79 Å². The molecule has 0 spiro atoms. The molecule has 0 unspecified atom stereocenters. The number of hydrogen-bond acceptors (Lipinski definition) is 4. The molecule has 0 saturated carbocycles. The number of aryl methyl sites for hydroxylation is 1. The number of nitrogens with one attached hydrogen (secondary N) is 1. The van der Waals surface area contributed by atoms with E-state index in [0.717, 1.165) is 28.8 Å². The largest absolute Gasteiger partial charge is 0.340 e. The Morgan fingerprint density at radius 3 is 2.72 bits per heavy atom. The van der Waals surface area contributed by atoms with Gasteiger partial charge in [-0.05, 0) is 20.0 Å². The van der Waals surface area contributed by atoms with E-state index in [-0.39, 0.29) is 5.91 Å². The van der Waals surface area contributed by atoms with Gasteiger partial charge in [0.15, 0.2) is 5.65 Å². The topological polar surface area (TPSA) is 63.1 Å². The van der Waals surface area contributed by atoms with E-state index in [1.54, 1.807) is 11.1 Å². The Kier molecular flexibility index (Phi) is 5.09. The van der Waals surface area contributed by atoms with Crippen molar-refractivity contribution < 1.29 is 4.79 Å². The summed E-state index contributed by atoms with van der Waals surface area (Å²) in [5, 5.41) is 8.25. The number of pyridine rings is 1. The van der Waals surface area contributed by atoms with Crippen LogP contribution in [-0.4, -0.2) is 52.8 Å². The lowest BCUT2D eigenvalue weighted by Crippen LogP contribution is -2.33. The summed E-state index contributed by atoms with van der Waals surface area (Å²) in [5.41, 5.74) is 3.16. The van der Waals surface area contributed by atoms with Crippen LogP contribution in [0.25, 0.3) is 22.3 Å². The van der Waals surface area contributed by atoms with Crippen LogP contribution in [0.2, 0.25) is 0 Å². The van der Waals surface area contributed by atoms with Gasteiger partial charge in [-0.1, -0.05) is 30.3 Å². The van der Waals surface area contributed by atoms with Crippen LogP contribution < -0.4 is 5.32 Å².